The number of fused-ring (bicyclic) bond motifs is 1. The third kappa shape index (κ3) is 4.13. The number of amides is 3. The summed E-state index contributed by atoms with van der Waals surface area (Å²) in [4.78, 5) is 42.3. The van der Waals surface area contributed by atoms with Gasteiger partial charge < -0.3 is 5.32 Å². The van der Waals surface area contributed by atoms with Gasteiger partial charge in [0.15, 0.2) is 0 Å². The molecule has 0 bridgehead atoms. The van der Waals surface area contributed by atoms with Gasteiger partial charge in [-0.05, 0) is 24.6 Å². The Hall–Kier alpha value is -2.97. The molecule has 0 radical (unpaired) electrons. The number of hydrogen-bond acceptors (Lipinski definition) is 5. The number of nitrogens with one attached hydrogen (secondary N) is 1. The van der Waals surface area contributed by atoms with Crippen molar-refractivity contribution in [1.29, 1.82) is 0 Å². The van der Waals surface area contributed by atoms with Crippen LogP contribution in [0.4, 0.5) is 11.4 Å². The first-order chi connectivity index (χ1) is 15.0. The fourth-order valence-corrected chi connectivity index (χ4v) is 4.96. The second kappa shape index (κ2) is 9.03. The molecule has 2 aromatic carbocycles. The molecule has 0 aliphatic carbocycles. The van der Waals surface area contributed by atoms with Crippen LogP contribution < -0.4 is 10.2 Å². The Balaban J connectivity index is 1.64. The van der Waals surface area contributed by atoms with E-state index in [0.29, 0.717) is 38.3 Å². The number of para-hydroxylation sites is 2. The van der Waals surface area contributed by atoms with Crippen LogP contribution in [0.1, 0.15) is 25.3 Å². The molecule has 2 aliphatic heterocycles. The van der Waals surface area contributed by atoms with Crippen LogP contribution in [-0.2, 0) is 14.4 Å². The van der Waals surface area contributed by atoms with Crippen molar-refractivity contribution in [2.24, 2.45) is 0 Å². The Bertz CT molecular complexity index is 1100. The maximum atomic E-state index is 13.4. The summed E-state index contributed by atoms with van der Waals surface area (Å²) in [7, 11) is 0. The third-order valence-electron chi connectivity index (χ3n) is 5.09. The van der Waals surface area contributed by atoms with E-state index in [1.54, 1.807) is 29.2 Å². The van der Waals surface area contributed by atoms with E-state index in [1.807, 2.05) is 37.3 Å². The summed E-state index contributed by atoms with van der Waals surface area (Å²) in [6, 6.07) is 16.3. The molecule has 6 nitrogen and oxygen atoms in total. The summed E-state index contributed by atoms with van der Waals surface area (Å²) in [6.45, 7) is 2.44. The molecule has 2 aromatic rings. The smallest absolute Gasteiger partial charge is 0.267 e. The number of rotatable bonds is 6. The monoisotopic (exact) mass is 451 g/mol. The van der Waals surface area contributed by atoms with Gasteiger partial charge in [0.25, 0.3) is 11.8 Å². The highest BCUT2D eigenvalue weighted by atomic mass is 32.2. The number of thioether (sulfide) groups is 1. The second-order valence-electron chi connectivity index (χ2n) is 7.21. The SMILES string of the molecule is CCCCN1C(=O)C(=C2C(=O)N(CC(=O)Nc3ccccc3)c3ccccc32)SC1=S. The van der Waals surface area contributed by atoms with Crippen molar-refractivity contribution < 1.29 is 14.4 Å². The fraction of sp³-hybridized carbons (Fsp3) is 0.217. The Morgan fingerprint density at radius 3 is 2.45 bits per heavy atom. The predicted octanol–water partition coefficient (Wildman–Crippen LogP) is 4.04. The quantitative estimate of drug-likeness (QED) is 0.530. The van der Waals surface area contributed by atoms with Crippen molar-refractivity contribution in [1.82, 2.24) is 4.90 Å². The highest BCUT2D eigenvalue weighted by molar-refractivity contribution is 8.26. The maximum Gasteiger partial charge on any atom is 0.267 e. The lowest BCUT2D eigenvalue weighted by atomic mass is 10.1. The molecule has 3 amide bonds. The summed E-state index contributed by atoms with van der Waals surface area (Å²) in [5.74, 6) is -0.913. The normalized spacial score (nSPS) is 18.0. The number of carbonyl (C=O) groups is 3. The number of benzene rings is 2. The van der Waals surface area contributed by atoms with E-state index in [9.17, 15) is 14.4 Å². The van der Waals surface area contributed by atoms with Crippen LogP contribution in [0, 0.1) is 0 Å². The minimum absolute atomic E-state index is 0.148. The van der Waals surface area contributed by atoms with Crippen LogP contribution in [0.5, 0.6) is 0 Å². The van der Waals surface area contributed by atoms with Gasteiger partial charge >= 0.3 is 0 Å². The van der Waals surface area contributed by atoms with E-state index in [0.717, 1.165) is 24.6 Å². The van der Waals surface area contributed by atoms with Crippen molar-refractivity contribution in [3.63, 3.8) is 0 Å². The summed E-state index contributed by atoms with van der Waals surface area (Å²) in [6.07, 6.45) is 1.78. The van der Waals surface area contributed by atoms with E-state index in [1.165, 1.54) is 4.90 Å². The molecule has 8 heteroatoms. The first kappa shape index (κ1) is 21.3. The zero-order chi connectivity index (χ0) is 22.0. The summed E-state index contributed by atoms with van der Waals surface area (Å²) in [5.41, 5.74) is 2.24. The lowest BCUT2D eigenvalue weighted by Crippen LogP contribution is -2.35. The highest BCUT2D eigenvalue weighted by Gasteiger charge is 2.42. The van der Waals surface area contributed by atoms with Gasteiger partial charge in [-0.3, -0.25) is 24.2 Å². The minimum atomic E-state index is -0.361. The van der Waals surface area contributed by atoms with Gasteiger partial charge in [0, 0.05) is 17.8 Å². The molecule has 0 atom stereocenters. The largest absolute Gasteiger partial charge is 0.325 e. The molecule has 0 saturated carbocycles. The Labute approximate surface area is 190 Å². The first-order valence-electron chi connectivity index (χ1n) is 10.1. The number of carbonyl (C=O) groups excluding carboxylic acids is 3. The van der Waals surface area contributed by atoms with Crippen molar-refractivity contribution in [3.05, 3.63) is 65.1 Å². The Morgan fingerprint density at radius 2 is 1.71 bits per heavy atom. The maximum absolute atomic E-state index is 13.4. The third-order valence-corrected chi connectivity index (χ3v) is 6.54. The van der Waals surface area contributed by atoms with Crippen molar-refractivity contribution in [2.45, 2.75) is 19.8 Å². The van der Waals surface area contributed by atoms with Crippen molar-refractivity contribution in [2.75, 3.05) is 23.3 Å². The highest BCUT2D eigenvalue weighted by Crippen LogP contribution is 2.44. The Morgan fingerprint density at radius 1 is 1.00 bits per heavy atom. The molecule has 0 unspecified atom stereocenters. The van der Waals surface area contributed by atoms with Gasteiger partial charge in [-0.25, -0.2) is 0 Å². The first-order valence-corrected chi connectivity index (χ1v) is 11.3. The van der Waals surface area contributed by atoms with E-state index in [2.05, 4.69) is 5.32 Å². The molecule has 1 saturated heterocycles. The van der Waals surface area contributed by atoms with E-state index >= 15 is 0 Å². The number of anilines is 2. The zero-order valence-electron chi connectivity index (χ0n) is 17.0. The number of hydrogen-bond donors (Lipinski definition) is 1. The fourth-order valence-electron chi connectivity index (χ4n) is 3.58. The van der Waals surface area contributed by atoms with Gasteiger partial charge in [-0.15, -0.1) is 0 Å². The molecule has 1 N–H and O–H groups in total. The zero-order valence-corrected chi connectivity index (χ0v) is 18.6. The van der Waals surface area contributed by atoms with Gasteiger partial charge in [-0.2, -0.15) is 0 Å². The van der Waals surface area contributed by atoms with Crippen LogP contribution in [0.15, 0.2) is 59.5 Å². The molecule has 2 aliphatic rings. The summed E-state index contributed by atoms with van der Waals surface area (Å²) >= 11 is 6.56. The van der Waals surface area contributed by atoms with Crippen molar-refractivity contribution in [3.8, 4) is 0 Å². The number of nitrogens with zero attached hydrogens (tertiary/aromatic N) is 2. The van der Waals surface area contributed by atoms with Crippen molar-refractivity contribution >= 4 is 63.0 Å². The summed E-state index contributed by atoms with van der Waals surface area (Å²) in [5, 5.41) is 2.80. The van der Waals surface area contributed by atoms with Crippen LogP contribution in [-0.4, -0.2) is 40.0 Å². The molecular formula is C23H21N3O3S2. The molecule has 0 spiro atoms. The lowest BCUT2D eigenvalue weighted by molar-refractivity contribution is -0.122. The van der Waals surface area contributed by atoms with Crippen LogP contribution in [0.25, 0.3) is 5.57 Å². The van der Waals surface area contributed by atoms with Gasteiger partial charge in [0.05, 0.1) is 16.2 Å². The lowest BCUT2D eigenvalue weighted by Gasteiger charge is -2.16. The van der Waals surface area contributed by atoms with Crippen LogP contribution in [0.3, 0.4) is 0 Å². The topological polar surface area (TPSA) is 69.7 Å². The minimum Gasteiger partial charge on any atom is -0.325 e. The Kier molecular flexibility index (Phi) is 6.20. The molecule has 158 valence electrons. The van der Waals surface area contributed by atoms with E-state index < -0.39 is 0 Å². The predicted molar refractivity (Wildman–Crippen MR) is 128 cm³/mol. The molecule has 31 heavy (non-hydrogen) atoms. The molecule has 2 heterocycles. The second-order valence-corrected chi connectivity index (χ2v) is 8.85. The summed E-state index contributed by atoms with van der Waals surface area (Å²) < 4.78 is 0.464. The van der Waals surface area contributed by atoms with Crippen LogP contribution >= 0.6 is 24.0 Å². The number of thiocarbonyl (C=S) groups is 1. The van der Waals surface area contributed by atoms with Gasteiger partial charge in [-0.1, -0.05) is 73.7 Å². The molecule has 0 aromatic heterocycles. The van der Waals surface area contributed by atoms with E-state index in [-0.39, 0.29) is 24.3 Å². The average Bonchev–Trinajstić information content (AvgIpc) is 3.20. The standard InChI is InChI=1S/C23H21N3O3S2/c1-2-3-13-25-22(29)20(31-23(25)30)19-16-11-7-8-12-17(16)26(21(19)28)14-18(27)24-15-9-5-4-6-10-15/h4-12H,2-3,13-14H2,1H3,(H,24,27). The molecule has 4 rings (SSSR count). The number of unbranched alkanes of at least 4 members (excludes halogenated alkanes) is 1. The molecule has 1 fully saturated rings. The van der Waals surface area contributed by atoms with Gasteiger partial charge in [0.1, 0.15) is 10.9 Å². The average molecular weight is 452 g/mol. The molecular weight excluding hydrogens is 430 g/mol. The van der Waals surface area contributed by atoms with E-state index in [4.69, 9.17) is 12.2 Å². The van der Waals surface area contributed by atoms with Crippen LogP contribution in [0.2, 0.25) is 0 Å². The van der Waals surface area contributed by atoms with Gasteiger partial charge in [0.2, 0.25) is 5.91 Å².